The van der Waals surface area contributed by atoms with E-state index in [1.165, 1.54) is 25.7 Å². The third-order valence-electron chi connectivity index (χ3n) is 3.22. The van der Waals surface area contributed by atoms with Crippen LogP contribution in [0.3, 0.4) is 0 Å². The smallest absolute Gasteiger partial charge is 0.0620 e. The van der Waals surface area contributed by atoms with Gasteiger partial charge in [0.15, 0.2) is 0 Å². The predicted molar refractivity (Wildman–Crippen MR) is 55.6 cm³/mol. The lowest BCUT2D eigenvalue weighted by molar-refractivity contribution is 0.181. The molecule has 4 radical (unpaired) electrons. The van der Waals surface area contributed by atoms with Gasteiger partial charge in [-0.15, -0.1) is 0 Å². The second-order valence-corrected chi connectivity index (χ2v) is 5.30. The molecule has 0 aliphatic heterocycles. The van der Waals surface area contributed by atoms with Crippen molar-refractivity contribution in [3.63, 3.8) is 0 Å². The molecule has 0 aromatic rings. The highest BCUT2D eigenvalue weighted by Gasteiger charge is 2.32. The van der Waals surface area contributed by atoms with Gasteiger partial charge >= 0.3 is 0 Å². The van der Waals surface area contributed by atoms with E-state index in [1.54, 1.807) is 0 Å². The van der Waals surface area contributed by atoms with Crippen molar-refractivity contribution in [2.75, 3.05) is 0 Å². The molecule has 0 aromatic heterocycles. The fourth-order valence-electron chi connectivity index (χ4n) is 2.02. The van der Waals surface area contributed by atoms with Gasteiger partial charge in [-0.2, -0.15) is 0 Å². The van der Waals surface area contributed by atoms with E-state index in [-0.39, 0.29) is 0 Å². The van der Waals surface area contributed by atoms with Crippen molar-refractivity contribution in [3.8, 4) is 0 Å². The average Bonchev–Trinajstić information content (AvgIpc) is 1.83. The molecule has 12 heavy (non-hydrogen) atoms. The van der Waals surface area contributed by atoms with Crippen molar-refractivity contribution in [3.05, 3.63) is 0 Å². The predicted octanol–water partition coefficient (Wildman–Crippen LogP) is 2.68. The second kappa shape index (κ2) is 3.12. The van der Waals surface area contributed by atoms with Crippen LogP contribution in [0.2, 0.25) is 5.21 Å². The minimum Gasteiger partial charge on any atom is -0.0990 e. The van der Waals surface area contributed by atoms with Crippen LogP contribution in [0.15, 0.2) is 0 Å². The Morgan fingerprint density at radius 1 is 1.17 bits per heavy atom. The zero-order valence-corrected chi connectivity index (χ0v) is 8.56. The van der Waals surface area contributed by atoms with Gasteiger partial charge < -0.3 is 0 Å². The van der Waals surface area contributed by atoms with Gasteiger partial charge in [-0.1, -0.05) is 44.7 Å². The van der Waals surface area contributed by atoms with Gasteiger partial charge in [-0.25, -0.2) is 0 Å². The first kappa shape index (κ1) is 10.2. The molecular weight excluding hydrogens is 142 g/mol. The zero-order valence-electron chi connectivity index (χ0n) is 8.56. The second-order valence-electron chi connectivity index (χ2n) is 5.30. The van der Waals surface area contributed by atoms with Crippen molar-refractivity contribution in [1.82, 2.24) is 0 Å². The van der Waals surface area contributed by atoms with Gasteiger partial charge in [0.2, 0.25) is 0 Å². The fraction of sp³-hybridized carbons (Fsp3) is 1.00. The van der Waals surface area contributed by atoms with E-state index in [9.17, 15) is 0 Å². The van der Waals surface area contributed by atoms with Gasteiger partial charge in [-0.05, 0) is 18.3 Å². The number of hydrogen-bond donors (Lipinski definition) is 0. The number of rotatable bonds is 1. The molecule has 0 bridgehead atoms. The van der Waals surface area contributed by atoms with Gasteiger partial charge in [0.05, 0.1) is 15.7 Å². The fourth-order valence-corrected chi connectivity index (χ4v) is 2.02. The summed E-state index contributed by atoms with van der Waals surface area (Å²) in [4.78, 5) is 0. The lowest BCUT2D eigenvalue weighted by Gasteiger charge is -2.41. The minimum atomic E-state index is -0.462. The topological polar surface area (TPSA) is 0 Å². The molecule has 0 atom stereocenters. The lowest BCUT2D eigenvalue weighted by Crippen LogP contribution is -2.29. The molecule has 1 rings (SSSR count). The molecule has 0 amide bonds. The minimum absolute atomic E-state index is 0.462. The Balaban J connectivity index is 2.47. The average molecular weight is 160 g/mol. The molecule has 1 saturated carbocycles. The molecule has 0 saturated heterocycles. The van der Waals surface area contributed by atoms with Crippen molar-refractivity contribution >= 4 is 15.7 Å². The molecule has 0 spiro atoms. The first-order valence-electron chi connectivity index (χ1n) is 4.89. The van der Waals surface area contributed by atoms with Crippen LogP contribution < -0.4 is 0 Å². The van der Waals surface area contributed by atoms with E-state index in [0.717, 1.165) is 0 Å². The molecule has 64 valence electrons. The highest BCUT2D eigenvalue weighted by atomic mass is 14.3. The van der Waals surface area contributed by atoms with Gasteiger partial charge in [0, 0.05) is 0 Å². The molecule has 0 N–H and O–H groups in total. The lowest BCUT2D eigenvalue weighted by atomic mass is 9.46. The standard InChI is InChI=1S/C10H18B2/c1-9(2)6-4-8(5-7-9)10(3,11)12/h8H,4-7H2,1-3H3. The Morgan fingerprint density at radius 2 is 1.58 bits per heavy atom. The van der Waals surface area contributed by atoms with Crippen LogP contribution in [-0.4, -0.2) is 15.7 Å². The summed E-state index contributed by atoms with van der Waals surface area (Å²) in [5, 5.41) is -0.462. The molecule has 0 nitrogen and oxygen atoms in total. The monoisotopic (exact) mass is 160 g/mol. The Kier molecular flexibility index (Phi) is 2.66. The van der Waals surface area contributed by atoms with E-state index in [4.69, 9.17) is 15.7 Å². The maximum atomic E-state index is 5.88. The van der Waals surface area contributed by atoms with Crippen LogP contribution in [0.25, 0.3) is 0 Å². The summed E-state index contributed by atoms with van der Waals surface area (Å²) in [7, 11) is 11.8. The van der Waals surface area contributed by atoms with Crippen LogP contribution in [0.4, 0.5) is 0 Å². The molecule has 0 heterocycles. The van der Waals surface area contributed by atoms with Crippen molar-refractivity contribution in [2.24, 2.45) is 11.3 Å². The third kappa shape index (κ3) is 2.57. The highest BCUT2D eigenvalue weighted by Crippen LogP contribution is 2.45. The first-order chi connectivity index (χ1) is 5.31. The van der Waals surface area contributed by atoms with E-state index in [1.807, 2.05) is 6.92 Å². The Hall–Kier alpha value is 0.130. The van der Waals surface area contributed by atoms with Crippen LogP contribution in [-0.2, 0) is 0 Å². The summed E-state index contributed by atoms with van der Waals surface area (Å²) < 4.78 is 0. The molecule has 0 unspecified atom stereocenters. The van der Waals surface area contributed by atoms with Crippen LogP contribution in [0, 0.1) is 11.3 Å². The summed E-state index contributed by atoms with van der Waals surface area (Å²) in [5.41, 5.74) is 0.516. The van der Waals surface area contributed by atoms with E-state index < -0.39 is 5.21 Å². The molecule has 2 heteroatoms. The SMILES string of the molecule is [B]C([B])(C)C1CCC(C)(C)CC1. The molecule has 1 aliphatic rings. The zero-order chi connectivity index (χ0) is 9.41. The summed E-state index contributed by atoms with van der Waals surface area (Å²) in [5.74, 6) is 0.519. The Morgan fingerprint density at radius 3 is 1.92 bits per heavy atom. The molecule has 1 fully saturated rings. The van der Waals surface area contributed by atoms with Crippen LogP contribution in [0.5, 0.6) is 0 Å². The van der Waals surface area contributed by atoms with E-state index >= 15 is 0 Å². The molecule has 1 aliphatic carbocycles. The molecule has 0 aromatic carbocycles. The maximum Gasteiger partial charge on any atom is 0.0620 e. The third-order valence-corrected chi connectivity index (χ3v) is 3.22. The van der Waals surface area contributed by atoms with Crippen molar-refractivity contribution in [1.29, 1.82) is 0 Å². The van der Waals surface area contributed by atoms with Gasteiger partial charge in [0.25, 0.3) is 0 Å². The summed E-state index contributed by atoms with van der Waals surface area (Å²) >= 11 is 0. The normalized spacial score (nSPS) is 25.6. The first-order valence-corrected chi connectivity index (χ1v) is 4.89. The molecular formula is C10H18B2. The summed E-state index contributed by atoms with van der Waals surface area (Å²) in [6.07, 6.45) is 4.91. The highest BCUT2D eigenvalue weighted by molar-refractivity contribution is 6.39. The van der Waals surface area contributed by atoms with Crippen molar-refractivity contribution < 1.29 is 0 Å². The largest absolute Gasteiger partial charge is 0.0990 e. The maximum absolute atomic E-state index is 5.88. The van der Waals surface area contributed by atoms with E-state index in [0.29, 0.717) is 11.3 Å². The van der Waals surface area contributed by atoms with Gasteiger partial charge in [0.1, 0.15) is 0 Å². The van der Waals surface area contributed by atoms with Crippen molar-refractivity contribution in [2.45, 2.75) is 51.7 Å². The number of hydrogen-bond acceptors (Lipinski definition) is 0. The van der Waals surface area contributed by atoms with E-state index in [2.05, 4.69) is 13.8 Å². The summed E-state index contributed by atoms with van der Waals surface area (Å²) in [6.45, 7) is 6.59. The Bertz CT molecular complexity index is 146. The van der Waals surface area contributed by atoms with Crippen LogP contribution >= 0.6 is 0 Å². The van der Waals surface area contributed by atoms with Crippen LogP contribution in [0.1, 0.15) is 46.5 Å². The summed E-state index contributed by atoms with van der Waals surface area (Å²) in [6, 6.07) is 0. The Labute approximate surface area is 79.3 Å². The van der Waals surface area contributed by atoms with Gasteiger partial charge in [-0.3, -0.25) is 0 Å². The quantitative estimate of drug-likeness (QED) is 0.517.